The van der Waals surface area contributed by atoms with Gasteiger partial charge in [-0.25, -0.2) is 17.5 Å². The largest absolute Gasteiger partial charge is 0.457 e. The lowest BCUT2D eigenvalue weighted by Crippen LogP contribution is -2.30. The van der Waals surface area contributed by atoms with Gasteiger partial charge in [-0.2, -0.15) is 0 Å². The van der Waals surface area contributed by atoms with Crippen LogP contribution in [0.4, 0.5) is 4.39 Å². The van der Waals surface area contributed by atoms with Crippen LogP contribution < -0.4 is 9.46 Å². The maximum absolute atomic E-state index is 12.8. The number of hydrogen-bond donors (Lipinski definition) is 1. The maximum Gasteiger partial charge on any atom is 0.214 e. The third-order valence-corrected chi connectivity index (χ3v) is 4.83. The molecule has 0 aliphatic heterocycles. The van der Waals surface area contributed by atoms with E-state index in [0.29, 0.717) is 11.5 Å². The molecule has 2 rings (SSSR count). The van der Waals surface area contributed by atoms with Gasteiger partial charge in [0.05, 0.1) is 5.25 Å². The molecule has 1 N–H and O–H groups in total. The molecule has 0 spiro atoms. The summed E-state index contributed by atoms with van der Waals surface area (Å²) >= 11 is 0. The summed E-state index contributed by atoms with van der Waals surface area (Å²) < 4.78 is 44.5. The zero-order valence-electron chi connectivity index (χ0n) is 12.4. The molecule has 22 heavy (non-hydrogen) atoms. The van der Waals surface area contributed by atoms with Crippen LogP contribution in [0, 0.1) is 5.82 Å². The van der Waals surface area contributed by atoms with Crippen molar-refractivity contribution in [2.75, 3.05) is 0 Å². The Hall–Kier alpha value is -1.92. The van der Waals surface area contributed by atoms with Crippen LogP contribution in [0.2, 0.25) is 0 Å². The predicted octanol–water partition coefficient (Wildman–Crippen LogP) is 3.45. The van der Waals surface area contributed by atoms with Gasteiger partial charge in [0.25, 0.3) is 0 Å². The molecule has 0 aromatic heterocycles. The number of hydrogen-bond acceptors (Lipinski definition) is 3. The van der Waals surface area contributed by atoms with E-state index in [1.807, 2.05) is 0 Å². The van der Waals surface area contributed by atoms with Crippen molar-refractivity contribution in [2.45, 2.75) is 25.6 Å². The minimum atomic E-state index is -3.31. The zero-order valence-corrected chi connectivity index (χ0v) is 13.2. The molecule has 2 aromatic carbocycles. The minimum absolute atomic E-state index is 0.196. The second-order valence-corrected chi connectivity index (χ2v) is 7.44. The molecule has 0 aliphatic carbocycles. The third kappa shape index (κ3) is 4.54. The molecule has 6 heteroatoms. The molecule has 0 aliphatic rings. The van der Waals surface area contributed by atoms with Crippen LogP contribution in [-0.4, -0.2) is 13.7 Å². The molecule has 0 unspecified atom stereocenters. The van der Waals surface area contributed by atoms with Gasteiger partial charge >= 0.3 is 0 Å². The van der Waals surface area contributed by atoms with Crippen LogP contribution in [0.5, 0.6) is 11.5 Å². The summed E-state index contributed by atoms with van der Waals surface area (Å²) in [4.78, 5) is 0. The van der Waals surface area contributed by atoms with E-state index in [1.165, 1.54) is 24.3 Å². The minimum Gasteiger partial charge on any atom is -0.457 e. The zero-order chi connectivity index (χ0) is 16.2. The Kier molecular flexibility index (Phi) is 5.15. The molecule has 0 radical (unpaired) electrons. The van der Waals surface area contributed by atoms with Gasteiger partial charge in [0.15, 0.2) is 0 Å². The van der Waals surface area contributed by atoms with Crippen LogP contribution in [0.3, 0.4) is 0 Å². The number of sulfonamides is 1. The Balaban J connectivity index is 2.05. The summed E-state index contributed by atoms with van der Waals surface area (Å²) in [5.41, 5.74) is 0.781. The summed E-state index contributed by atoms with van der Waals surface area (Å²) in [6.45, 7) is 3.44. The van der Waals surface area contributed by atoms with E-state index in [2.05, 4.69) is 4.72 Å². The SMILES string of the molecule is CC(C)S(=O)(=O)NCc1cccc(Oc2ccc(F)cc2)c1. The van der Waals surface area contributed by atoms with Crippen molar-refractivity contribution in [3.05, 3.63) is 59.9 Å². The van der Waals surface area contributed by atoms with Crippen LogP contribution in [-0.2, 0) is 16.6 Å². The normalized spacial score (nSPS) is 11.6. The standard InChI is InChI=1S/C16H18FNO3S/c1-12(2)22(19,20)18-11-13-4-3-5-16(10-13)21-15-8-6-14(17)7-9-15/h3-10,12,18H,11H2,1-2H3. The Morgan fingerprint density at radius 2 is 1.77 bits per heavy atom. The van der Waals surface area contributed by atoms with Gasteiger partial charge in [-0.3, -0.25) is 0 Å². The molecule has 0 amide bonds. The Labute approximate surface area is 130 Å². The van der Waals surface area contributed by atoms with Crippen molar-refractivity contribution >= 4 is 10.0 Å². The summed E-state index contributed by atoms with van der Waals surface area (Å²) in [5.74, 6) is 0.748. The molecular formula is C16H18FNO3S. The maximum atomic E-state index is 12.8. The fourth-order valence-electron chi connectivity index (χ4n) is 1.71. The van der Waals surface area contributed by atoms with Gasteiger partial charge in [-0.1, -0.05) is 12.1 Å². The Bertz CT molecular complexity index is 727. The fourth-order valence-corrected chi connectivity index (χ4v) is 2.41. The predicted molar refractivity (Wildman–Crippen MR) is 83.8 cm³/mol. The Morgan fingerprint density at radius 3 is 2.41 bits per heavy atom. The molecule has 0 heterocycles. The van der Waals surface area contributed by atoms with Crippen molar-refractivity contribution in [2.24, 2.45) is 0 Å². The first-order valence-electron chi connectivity index (χ1n) is 6.87. The molecule has 0 atom stereocenters. The average molecular weight is 323 g/mol. The molecule has 0 saturated carbocycles. The summed E-state index contributed by atoms with van der Waals surface area (Å²) in [6.07, 6.45) is 0. The highest BCUT2D eigenvalue weighted by molar-refractivity contribution is 7.90. The number of benzene rings is 2. The monoisotopic (exact) mass is 323 g/mol. The van der Waals surface area contributed by atoms with Crippen LogP contribution in [0.15, 0.2) is 48.5 Å². The van der Waals surface area contributed by atoms with Crippen molar-refractivity contribution in [1.82, 2.24) is 4.72 Å². The van der Waals surface area contributed by atoms with E-state index in [9.17, 15) is 12.8 Å². The van der Waals surface area contributed by atoms with Crippen molar-refractivity contribution in [3.63, 3.8) is 0 Å². The van der Waals surface area contributed by atoms with Gasteiger partial charge in [0.1, 0.15) is 17.3 Å². The fraction of sp³-hybridized carbons (Fsp3) is 0.250. The van der Waals surface area contributed by atoms with Gasteiger partial charge in [0.2, 0.25) is 10.0 Å². The van der Waals surface area contributed by atoms with E-state index in [0.717, 1.165) is 5.56 Å². The second-order valence-electron chi connectivity index (χ2n) is 5.12. The quantitative estimate of drug-likeness (QED) is 0.886. The van der Waals surface area contributed by atoms with E-state index in [1.54, 1.807) is 38.1 Å². The Morgan fingerprint density at radius 1 is 1.09 bits per heavy atom. The van der Waals surface area contributed by atoms with E-state index in [4.69, 9.17) is 4.74 Å². The van der Waals surface area contributed by atoms with E-state index in [-0.39, 0.29) is 12.4 Å². The van der Waals surface area contributed by atoms with E-state index >= 15 is 0 Å². The number of halogens is 1. The van der Waals surface area contributed by atoms with Gasteiger partial charge in [0, 0.05) is 6.54 Å². The highest BCUT2D eigenvalue weighted by Crippen LogP contribution is 2.22. The summed E-state index contributed by atoms with van der Waals surface area (Å²) in [7, 11) is -3.31. The number of rotatable bonds is 6. The summed E-state index contributed by atoms with van der Waals surface area (Å²) in [6, 6.07) is 12.8. The third-order valence-electron chi connectivity index (χ3n) is 3.05. The highest BCUT2D eigenvalue weighted by atomic mass is 32.2. The van der Waals surface area contributed by atoms with Gasteiger partial charge < -0.3 is 4.74 Å². The molecule has 0 fully saturated rings. The number of nitrogens with one attached hydrogen (secondary N) is 1. The second kappa shape index (κ2) is 6.89. The lowest BCUT2D eigenvalue weighted by molar-refractivity contribution is 0.479. The molecule has 2 aromatic rings. The van der Waals surface area contributed by atoms with Crippen molar-refractivity contribution < 1.29 is 17.5 Å². The van der Waals surface area contributed by atoms with Crippen LogP contribution in [0.1, 0.15) is 19.4 Å². The van der Waals surface area contributed by atoms with Crippen molar-refractivity contribution in [1.29, 1.82) is 0 Å². The van der Waals surface area contributed by atoms with Crippen LogP contribution >= 0.6 is 0 Å². The molecular weight excluding hydrogens is 305 g/mol. The highest BCUT2D eigenvalue weighted by Gasteiger charge is 2.14. The number of ether oxygens (including phenoxy) is 1. The average Bonchev–Trinajstić information content (AvgIpc) is 2.48. The van der Waals surface area contributed by atoms with Gasteiger partial charge in [-0.05, 0) is 55.8 Å². The first-order valence-corrected chi connectivity index (χ1v) is 8.42. The first-order chi connectivity index (χ1) is 10.4. The topological polar surface area (TPSA) is 55.4 Å². The summed E-state index contributed by atoms with van der Waals surface area (Å²) in [5, 5.41) is -0.480. The molecule has 118 valence electrons. The van der Waals surface area contributed by atoms with Gasteiger partial charge in [-0.15, -0.1) is 0 Å². The van der Waals surface area contributed by atoms with E-state index < -0.39 is 15.3 Å². The molecule has 0 bridgehead atoms. The lowest BCUT2D eigenvalue weighted by atomic mass is 10.2. The lowest BCUT2D eigenvalue weighted by Gasteiger charge is -2.11. The molecule has 4 nitrogen and oxygen atoms in total. The first kappa shape index (κ1) is 16.5. The van der Waals surface area contributed by atoms with Crippen molar-refractivity contribution in [3.8, 4) is 11.5 Å². The smallest absolute Gasteiger partial charge is 0.214 e. The van der Waals surface area contributed by atoms with Crippen LogP contribution in [0.25, 0.3) is 0 Å². The molecule has 0 saturated heterocycles.